The van der Waals surface area contributed by atoms with Crippen molar-refractivity contribution in [1.29, 1.82) is 0 Å². The maximum atomic E-state index is 12.3. The maximum Gasteiger partial charge on any atom is 0.238 e. The van der Waals surface area contributed by atoms with Crippen molar-refractivity contribution in [3.8, 4) is 0 Å². The summed E-state index contributed by atoms with van der Waals surface area (Å²) in [4.78, 5) is 16.4. The van der Waals surface area contributed by atoms with Gasteiger partial charge in [0.2, 0.25) is 5.91 Å². The average Bonchev–Trinajstić information content (AvgIpc) is 3.10. The number of carbonyl (C=O) groups excluding carboxylic acids is 1. The van der Waals surface area contributed by atoms with Gasteiger partial charge in [-0.15, -0.1) is 0 Å². The molecule has 0 bridgehead atoms. The summed E-state index contributed by atoms with van der Waals surface area (Å²) < 4.78 is 2.03. The van der Waals surface area contributed by atoms with E-state index in [0.717, 1.165) is 24.4 Å². The Kier molecular flexibility index (Phi) is 4.32. The van der Waals surface area contributed by atoms with Crippen molar-refractivity contribution in [2.75, 3.05) is 0 Å². The minimum absolute atomic E-state index is 0.0747. The summed E-state index contributed by atoms with van der Waals surface area (Å²) in [5.41, 5.74) is 8.71. The molecule has 1 amide bonds. The molecule has 0 spiro atoms. The van der Waals surface area contributed by atoms with Crippen molar-refractivity contribution in [3.05, 3.63) is 54.1 Å². The van der Waals surface area contributed by atoms with Crippen LogP contribution in [0.5, 0.6) is 0 Å². The number of hydrazine groups is 1. The van der Waals surface area contributed by atoms with Gasteiger partial charge in [-0.3, -0.25) is 10.2 Å². The van der Waals surface area contributed by atoms with Crippen molar-refractivity contribution >= 4 is 5.91 Å². The number of aromatic nitrogens is 2. The van der Waals surface area contributed by atoms with Crippen LogP contribution in [0.2, 0.25) is 0 Å². The summed E-state index contributed by atoms with van der Waals surface area (Å²) in [6, 6.07) is 8.64. The molecule has 1 aliphatic carbocycles. The van der Waals surface area contributed by atoms with Crippen LogP contribution in [0.25, 0.3) is 0 Å². The van der Waals surface area contributed by atoms with E-state index in [9.17, 15) is 4.79 Å². The van der Waals surface area contributed by atoms with Crippen LogP contribution in [0, 0.1) is 5.92 Å². The molecule has 1 saturated carbocycles. The van der Waals surface area contributed by atoms with Gasteiger partial charge in [-0.1, -0.05) is 24.3 Å². The first-order valence-electron chi connectivity index (χ1n) is 8.60. The fraction of sp³-hybridized carbons (Fsp3) is 0.444. The Morgan fingerprint density at radius 2 is 2.17 bits per heavy atom. The van der Waals surface area contributed by atoms with E-state index in [-0.39, 0.29) is 11.9 Å². The number of benzene rings is 1. The molecule has 2 fully saturated rings. The molecule has 4 rings (SSSR count). The highest BCUT2D eigenvalue weighted by Crippen LogP contribution is 2.35. The van der Waals surface area contributed by atoms with E-state index in [1.807, 2.05) is 29.2 Å². The molecule has 6 nitrogen and oxygen atoms in total. The van der Waals surface area contributed by atoms with Gasteiger partial charge in [0, 0.05) is 31.5 Å². The predicted octanol–water partition coefficient (Wildman–Crippen LogP) is 1.19. The molecule has 2 aromatic rings. The quantitative estimate of drug-likeness (QED) is 0.746. The zero-order valence-corrected chi connectivity index (χ0v) is 13.6. The molecule has 3 N–H and O–H groups in total. The Labute approximate surface area is 141 Å². The molecule has 1 aromatic carbocycles. The van der Waals surface area contributed by atoms with Crippen LogP contribution in [0.1, 0.15) is 30.4 Å². The van der Waals surface area contributed by atoms with Crippen molar-refractivity contribution in [2.45, 2.75) is 44.4 Å². The topological polar surface area (TPSA) is 71.0 Å². The summed E-state index contributed by atoms with van der Waals surface area (Å²) in [5, 5.41) is 3.05. The van der Waals surface area contributed by atoms with Crippen LogP contribution in [0.3, 0.4) is 0 Å². The first kappa shape index (κ1) is 15.4. The second-order valence-corrected chi connectivity index (χ2v) is 6.79. The van der Waals surface area contributed by atoms with Gasteiger partial charge in [0.25, 0.3) is 0 Å². The molecule has 1 saturated heterocycles. The number of nitrogens with one attached hydrogen (secondary N) is 3. The summed E-state index contributed by atoms with van der Waals surface area (Å²) in [5.74, 6) is 0.834. The molecule has 2 aliphatic rings. The van der Waals surface area contributed by atoms with Gasteiger partial charge in [-0.2, -0.15) is 0 Å². The number of amides is 1. The second-order valence-electron chi connectivity index (χ2n) is 6.79. The lowest BCUT2D eigenvalue weighted by atomic mass is 10.1. The van der Waals surface area contributed by atoms with Gasteiger partial charge in [0.15, 0.2) is 0 Å². The van der Waals surface area contributed by atoms with E-state index in [1.165, 1.54) is 18.4 Å². The van der Waals surface area contributed by atoms with Crippen molar-refractivity contribution in [3.63, 3.8) is 0 Å². The van der Waals surface area contributed by atoms with E-state index >= 15 is 0 Å². The smallest absolute Gasteiger partial charge is 0.238 e. The second kappa shape index (κ2) is 6.75. The lowest BCUT2D eigenvalue weighted by molar-refractivity contribution is -0.123. The van der Waals surface area contributed by atoms with Crippen LogP contribution in [0.4, 0.5) is 0 Å². The Bertz CT molecular complexity index is 695. The Balaban J connectivity index is 1.30. The van der Waals surface area contributed by atoms with Crippen LogP contribution < -0.4 is 16.2 Å². The molecule has 24 heavy (non-hydrogen) atoms. The van der Waals surface area contributed by atoms with Gasteiger partial charge in [-0.05, 0) is 36.3 Å². The van der Waals surface area contributed by atoms with E-state index < -0.39 is 0 Å². The van der Waals surface area contributed by atoms with Gasteiger partial charge >= 0.3 is 0 Å². The first-order valence-corrected chi connectivity index (χ1v) is 8.60. The summed E-state index contributed by atoms with van der Waals surface area (Å²) in [6.45, 7) is 1.35. The Morgan fingerprint density at radius 1 is 1.29 bits per heavy atom. The molecule has 1 aromatic heterocycles. The summed E-state index contributed by atoms with van der Waals surface area (Å²) in [7, 11) is 0. The Hall–Kier alpha value is -2.18. The monoisotopic (exact) mass is 325 g/mol. The molecular formula is C18H23N5O. The third kappa shape index (κ3) is 3.66. The first-order chi connectivity index (χ1) is 11.8. The average molecular weight is 325 g/mol. The number of imidazole rings is 1. The molecule has 1 aliphatic heterocycles. The van der Waals surface area contributed by atoms with E-state index in [2.05, 4.69) is 33.3 Å². The van der Waals surface area contributed by atoms with Crippen LogP contribution in [0.15, 0.2) is 43.0 Å². The maximum absolute atomic E-state index is 12.3. The third-order valence-electron chi connectivity index (χ3n) is 4.82. The third-order valence-corrected chi connectivity index (χ3v) is 4.82. The number of carbonyl (C=O) groups is 1. The molecule has 2 heterocycles. The lowest BCUT2D eigenvalue weighted by Gasteiger charge is -2.11. The van der Waals surface area contributed by atoms with Gasteiger partial charge < -0.3 is 9.88 Å². The van der Waals surface area contributed by atoms with Crippen molar-refractivity contribution < 1.29 is 4.79 Å². The zero-order chi connectivity index (χ0) is 16.4. The summed E-state index contributed by atoms with van der Waals surface area (Å²) >= 11 is 0. The molecule has 0 radical (unpaired) electrons. The number of hydrogen-bond donors (Lipinski definition) is 3. The minimum atomic E-state index is -0.121. The van der Waals surface area contributed by atoms with E-state index in [1.54, 1.807) is 6.20 Å². The molecular weight excluding hydrogens is 302 g/mol. The molecule has 2 atom stereocenters. The largest absolute Gasteiger partial charge is 0.351 e. The van der Waals surface area contributed by atoms with Crippen LogP contribution in [-0.2, 0) is 17.9 Å². The number of nitrogens with zero attached hydrogens (tertiary/aromatic N) is 2. The predicted molar refractivity (Wildman–Crippen MR) is 90.8 cm³/mol. The molecule has 126 valence electrons. The minimum Gasteiger partial charge on any atom is -0.351 e. The standard InChI is InChI=1S/C18H23N5O/c24-18(17-9-16(21-22-17)15-4-5-15)20-10-13-2-1-3-14(8-13)11-23-7-6-19-12-23/h1-3,6-8,12,15-17,21-22H,4-5,9-11H2,(H,20,24). The Morgan fingerprint density at radius 3 is 2.96 bits per heavy atom. The fourth-order valence-electron chi connectivity index (χ4n) is 3.30. The van der Waals surface area contributed by atoms with E-state index in [0.29, 0.717) is 12.6 Å². The van der Waals surface area contributed by atoms with Crippen LogP contribution >= 0.6 is 0 Å². The van der Waals surface area contributed by atoms with Crippen LogP contribution in [-0.4, -0.2) is 27.5 Å². The van der Waals surface area contributed by atoms with Gasteiger partial charge in [0.05, 0.1) is 6.33 Å². The zero-order valence-electron chi connectivity index (χ0n) is 13.6. The lowest BCUT2D eigenvalue weighted by Crippen LogP contribution is -2.43. The van der Waals surface area contributed by atoms with Crippen molar-refractivity contribution in [1.82, 2.24) is 25.7 Å². The number of rotatable bonds is 6. The highest BCUT2D eigenvalue weighted by atomic mass is 16.2. The fourth-order valence-corrected chi connectivity index (χ4v) is 3.30. The molecule has 2 unspecified atom stereocenters. The van der Waals surface area contributed by atoms with Gasteiger partial charge in [-0.25, -0.2) is 10.4 Å². The van der Waals surface area contributed by atoms with Gasteiger partial charge in [0.1, 0.15) is 6.04 Å². The van der Waals surface area contributed by atoms with E-state index in [4.69, 9.17) is 0 Å². The normalized spacial score (nSPS) is 23.3. The summed E-state index contributed by atoms with van der Waals surface area (Å²) in [6.07, 6.45) is 9.00. The molecule has 6 heteroatoms. The highest BCUT2D eigenvalue weighted by molar-refractivity contribution is 5.82. The van der Waals surface area contributed by atoms with Crippen molar-refractivity contribution in [2.24, 2.45) is 5.92 Å². The highest BCUT2D eigenvalue weighted by Gasteiger charge is 2.38. The SMILES string of the molecule is O=C(NCc1cccc(Cn2ccnc2)c1)C1CC(C2CC2)NN1. The number of hydrogen-bond acceptors (Lipinski definition) is 4.